The van der Waals surface area contributed by atoms with Gasteiger partial charge in [-0.15, -0.1) is 12.4 Å². The highest BCUT2D eigenvalue weighted by Gasteiger charge is 2.34. The number of benzene rings is 4. The molecule has 2 aliphatic rings. The molecular formula is C50H65ClN4O8. The van der Waals surface area contributed by atoms with Gasteiger partial charge in [0.15, 0.2) is 0 Å². The number of nitrogens with zero attached hydrogens (tertiary/aromatic N) is 2. The van der Waals surface area contributed by atoms with Crippen LogP contribution >= 0.6 is 12.4 Å². The van der Waals surface area contributed by atoms with Gasteiger partial charge in [-0.2, -0.15) is 0 Å². The average Bonchev–Trinajstić information content (AvgIpc) is 3.92. The van der Waals surface area contributed by atoms with Gasteiger partial charge in [0.1, 0.15) is 36.5 Å². The molecule has 12 nitrogen and oxygen atoms in total. The lowest BCUT2D eigenvalue weighted by Gasteiger charge is -2.27. The fourth-order valence-electron chi connectivity index (χ4n) is 7.18. The second-order valence-corrected chi connectivity index (χ2v) is 17.8. The number of nitrogens with one attached hydrogen (secondary N) is 2. The summed E-state index contributed by atoms with van der Waals surface area (Å²) in [6.07, 6.45) is 1.92. The molecule has 340 valence electrons. The first-order valence-electron chi connectivity index (χ1n) is 21.6. The Morgan fingerprint density at radius 2 is 0.825 bits per heavy atom. The monoisotopic (exact) mass is 884 g/mol. The van der Waals surface area contributed by atoms with Gasteiger partial charge < -0.3 is 28.7 Å². The van der Waals surface area contributed by atoms with E-state index in [2.05, 4.69) is 10.6 Å². The van der Waals surface area contributed by atoms with E-state index in [-0.39, 0.29) is 61.8 Å². The standard InChI is InChI=1S/2C25H32N2O4.ClH/c2*1-25(2,3)31-23(28)22(16-19-10-6-4-7-11-19)26-21-14-15-27(17-21)24(29)30-18-20-12-8-5-9-13-20;/h2*4-13,21-22,26H,14-18H2,1-3H3;1H/t2*21-,22-;/m00./s1. The molecule has 2 N–H and O–H groups in total. The number of esters is 2. The summed E-state index contributed by atoms with van der Waals surface area (Å²) >= 11 is 0. The van der Waals surface area contributed by atoms with Crippen LogP contribution in [0.3, 0.4) is 0 Å². The number of carbonyl (C=O) groups is 4. The zero-order chi connectivity index (χ0) is 44.5. The molecule has 2 heterocycles. The van der Waals surface area contributed by atoms with Crippen molar-refractivity contribution in [1.29, 1.82) is 0 Å². The summed E-state index contributed by atoms with van der Waals surface area (Å²) in [5.41, 5.74) is 2.91. The third-order valence-corrected chi connectivity index (χ3v) is 10.1. The van der Waals surface area contributed by atoms with Gasteiger partial charge in [-0.1, -0.05) is 121 Å². The van der Waals surface area contributed by atoms with Crippen LogP contribution < -0.4 is 10.6 Å². The number of likely N-dealkylation sites (tertiary alicyclic amines) is 2. The second kappa shape index (κ2) is 24.4. The second-order valence-electron chi connectivity index (χ2n) is 17.8. The minimum atomic E-state index is -0.559. The van der Waals surface area contributed by atoms with Crippen molar-refractivity contribution in [2.24, 2.45) is 0 Å². The van der Waals surface area contributed by atoms with E-state index in [1.54, 1.807) is 9.80 Å². The molecule has 0 bridgehead atoms. The van der Waals surface area contributed by atoms with E-state index in [4.69, 9.17) is 18.9 Å². The molecule has 0 unspecified atom stereocenters. The predicted molar refractivity (Wildman–Crippen MR) is 246 cm³/mol. The lowest BCUT2D eigenvalue weighted by molar-refractivity contribution is -0.158. The van der Waals surface area contributed by atoms with Gasteiger partial charge in [-0.3, -0.25) is 20.2 Å². The zero-order valence-corrected chi connectivity index (χ0v) is 38.3. The van der Waals surface area contributed by atoms with Gasteiger partial charge in [0.25, 0.3) is 0 Å². The van der Waals surface area contributed by atoms with Crippen LogP contribution in [-0.4, -0.2) is 95.5 Å². The molecule has 0 spiro atoms. The van der Waals surface area contributed by atoms with Crippen LogP contribution in [-0.2, 0) is 54.6 Å². The molecular weight excluding hydrogens is 820 g/mol. The maximum Gasteiger partial charge on any atom is 0.410 e. The van der Waals surface area contributed by atoms with Crippen molar-refractivity contribution in [3.8, 4) is 0 Å². The van der Waals surface area contributed by atoms with E-state index in [9.17, 15) is 19.2 Å². The molecule has 6 rings (SSSR count). The molecule has 63 heavy (non-hydrogen) atoms. The number of hydrogen-bond donors (Lipinski definition) is 2. The average molecular weight is 886 g/mol. The normalized spacial score (nSPS) is 17.0. The molecule has 2 aliphatic heterocycles. The van der Waals surface area contributed by atoms with E-state index in [0.29, 0.717) is 39.0 Å². The highest BCUT2D eigenvalue weighted by atomic mass is 35.5. The number of halogens is 1. The first-order chi connectivity index (χ1) is 29.6. The Bertz CT molecular complexity index is 1850. The largest absolute Gasteiger partial charge is 0.459 e. The van der Waals surface area contributed by atoms with Gasteiger partial charge in [0, 0.05) is 38.3 Å². The van der Waals surface area contributed by atoms with Crippen molar-refractivity contribution >= 4 is 36.5 Å². The summed E-state index contributed by atoms with van der Waals surface area (Å²) in [6, 6.07) is 38.0. The maximum absolute atomic E-state index is 12.8. The molecule has 2 fully saturated rings. The van der Waals surface area contributed by atoms with Crippen molar-refractivity contribution in [2.45, 2.75) is 116 Å². The SMILES string of the molecule is CC(C)(C)OC(=O)[C@H](Cc1ccccc1)N[C@H]1CCN(C(=O)OCc2ccccc2)C1.CC(C)(C)OC(=O)[C@H](Cc1ccccc1)N[C@H]1CCN(C(=O)OCc2ccccc2)C1.Cl. The number of carbonyl (C=O) groups excluding carboxylic acids is 4. The van der Waals surface area contributed by atoms with E-state index in [0.717, 1.165) is 35.1 Å². The summed E-state index contributed by atoms with van der Waals surface area (Å²) in [7, 11) is 0. The molecule has 13 heteroatoms. The number of amides is 2. The molecule has 4 atom stereocenters. The fraction of sp³-hybridized carbons (Fsp3) is 0.440. The predicted octanol–water partition coefficient (Wildman–Crippen LogP) is 8.30. The smallest absolute Gasteiger partial charge is 0.410 e. The number of rotatable bonds is 14. The Kier molecular flexibility index (Phi) is 19.5. The lowest BCUT2D eigenvalue weighted by atomic mass is 10.0. The lowest BCUT2D eigenvalue weighted by Crippen LogP contribution is -2.48. The van der Waals surface area contributed by atoms with Crippen molar-refractivity contribution in [3.05, 3.63) is 144 Å². The van der Waals surface area contributed by atoms with Crippen molar-refractivity contribution in [3.63, 3.8) is 0 Å². The van der Waals surface area contributed by atoms with E-state index >= 15 is 0 Å². The van der Waals surface area contributed by atoms with Gasteiger partial charge in [-0.25, -0.2) is 9.59 Å². The summed E-state index contributed by atoms with van der Waals surface area (Å²) in [6.45, 7) is 13.9. The topological polar surface area (TPSA) is 136 Å². The highest BCUT2D eigenvalue weighted by Crippen LogP contribution is 2.19. The van der Waals surface area contributed by atoms with Crippen LogP contribution in [0.5, 0.6) is 0 Å². The molecule has 2 saturated heterocycles. The van der Waals surface area contributed by atoms with Crippen molar-refractivity contribution in [1.82, 2.24) is 20.4 Å². The molecule has 2 amide bonds. The Morgan fingerprint density at radius 3 is 1.13 bits per heavy atom. The van der Waals surface area contributed by atoms with E-state index in [1.807, 2.05) is 163 Å². The number of hydrogen-bond acceptors (Lipinski definition) is 10. The Hall–Kier alpha value is -5.43. The van der Waals surface area contributed by atoms with E-state index < -0.39 is 23.3 Å². The van der Waals surface area contributed by atoms with Crippen LogP contribution in [0.4, 0.5) is 9.59 Å². The highest BCUT2D eigenvalue weighted by molar-refractivity contribution is 5.85. The molecule has 0 saturated carbocycles. The quantitative estimate of drug-likeness (QED) is 0.0941. The molecule has 0 aromatic heterocycles. The minimum Gasteiger partial charge on any atom is -0.459 e. The van der Waals surface area contributed by atoms with Crippen LogP contribution in [0.2, 0.25) is 0 Å². The third-order valence-electron chi connectivity index (χ3n) is 10.1. The van der Waals surface area contributed by atoms with Crippen LogP contribution in [0.1, 0.15) is 76.6 Å². The third kappa shape index (κ3) is 18.1. The molecule has 4 aromatic carbocycles. The molecule has 0 radical (unpaired) electrons. The molecule has 0 aliphatic carbocycles. The van der Waals surface area contributed by atoms with Crippen LogP contribution in [0.15, 0.2) is 121 Å². The Balaban J connectivity index is 0.000000272. The van der Waals surface area contributed by atoms with Gasteiger partial charge >= 0.3 is 24.1 Å². The van der Waals surface area contributed by atoms with Crippen molar-refractivity contribution < 1.29 is 38.1 Å². The summed E-state index contributed by atoms with van der Waals surface area (Å²) in [4.78, 5) is 53.9. The van der Waals surface area contributed by atoms with Crippen molar-refractivity contribution in [2.75, 3.05) is 26.2 Å². The van der Waals surface area contributed by atoms with Crippen LogP contribution in [0, 0.1) is 0 Å². The first kappa shape index (κ1) is 50.2. The number of ether oxygens (including phenoxy) is 4. The van der Waals surface area contributed by atoms with Gasteiger partial charge in [0.2, 0.25) is 0 Å². The summed E-state index contributed by atoms with van der Waals surface area (Å²) in [5, 5.41) is 6.84. The first-order valence-corrected chi connectivity index (χ1v) is 21.6. The minimum absolute atomic E-state index is 0. The van der Waals surface area contributed by atoms with Gasteiger partial charge in [0.05, 0.1) is 0 Å². The van der Waals surface area contributed by atoms with Gasteiger partial charge in [-0.05, 0) is 89.5 Å². The van der Waals surface area contributed by atoms with Crippen LogP contribution in [0.25, 0.3) is 0 Å². The summed E-state index contributed by atoms with van der Waals surface area (Å²) in [5.74, 6) is -0.553. The fourth-order valence-corrected chi connectivity index (χ4v) is 7.18. The molecule has 4 aromatic rings. The summed E-state index contributed by atoms with van der Waals surface area (Å²) < 4.78 is 22.2. The maximum atomic E-state index is 12.8. The Labute approximate surface area is 379 Å². The Morgan fingerprint density at radius 1 is 0.524 bits per heavy atom. The van der Waals surface area contributed by atoms with E-state index in [1.165, 1.54) is 0 Å². The zero-order valence-electron chi connectivity index (χ0n) is 37.5.